The van der Waals surface area contributed by atoms with Crippen molar-refractivity contribution in [2.24, 2.45) is 0 Å². The quantitative estimate of drug-likeness (QED) is 0.624. The molecule has 0 radical (unpaired) electrons. The van der Waals surface area contributed by atoms with E-state index in [2.05, 4.69) is 0 Å². The Hall–Kier alpha value is -2.13. The highest BCUT2D eigenvalue weighted by atomic mass is 31.2. The molecule has 3 rings (SSSR count). The molecule has 4 nitrogen and oxygen atoms in total. The van der Waals surface area contributed by atoms with E-state index in [0.717, 1.165) is 21.9 Å². The third kappa shape index (κ3) is 3.47. The van der Waals surface area contributed by atoms with E-state index in [9.17, 15) is 9.67 Å². The fraction of sp³-hybridized carbons (Fsp3) is 0.200. The van der Waals surface area contributed by atoms with E-state index < -0.39 is 7.60 Å². The van der Waals surface area contributed by atoms with Gasteiger partial charge in [-0.15, -0.1) is 0 Å². The van der Waals surface area contributed by atoms with Crippen molar-refractivity contribution < 1.29 is 18.7 Å². The standard InChI is InChI=1S/C20H21O4P/c1-3-23-25(22,24-4-2)20-13-12-16(14-19(20)21)18-11-7-9-15-8-5-6-10-17(15)18/h5-14,21H,3-4H2,1-2H3. The maximum Gasteiger partial charge on any atom is 0.365 e. The summed E-state index contributed by atoms with van der Waals surface area (Å²) in [5.41, 5.74) is 1.85. The number of hydrogen-bond donors (Lipinski definition) is 1. The van der Waals surface area contributed by atoms with Crippen LogP contribution in [-0.4, -0.2) is 18.3 Å². The van der Waals surface area contributed by atoms with Gasteiger partial charge in [0.2, 0.25) is 0 Å². The summed E-state index contributed by atoms with van der Waals surface area (Å²) in [5.74, 6) is -0.0873. The molecule has 0 saturated heterocycles. The average molecular weight is 356 g/mol. The molecule has 3 aromatic carbocycles. The van der Waals surface area contributed by atoms with Gasteiger partial charge in [0.1, 0.15) is 11.1 Å². The van der Waals surface area contributed by atoms with Crippen molar-refractivity contribution in [1.82, 2.24) is 0 Å². The van der Waals surface area contributed by atoms with Crippen LogP contribution in [0.4, 0.5) is 0 Å². The van der Waals surface area contributed by atoms with Gasteiger partial charge in [-0.05, 0) is 47.9 Å². The molecule has 0 aliphatic carbocycles. The lowest BCUT2D eigenvalue weighted by molar-refractivity contribution is 0.229. The molecule has 1 N–H and O–H groups in total. The first-order valence-electron chi connectivity index (χ1n) is 8.30. The summed E-state index contributed by atoms with van der Waals surface area (Å²) >= 11 is 0. The minimum Gasteiger partial charge on any atom is -0.507 e. The van der Waals surface area contributed by atoms with Gasteiger partial charge in [-0.3, -0.25) is 4.57 Å². The fourth-order valence-electron chi connectivity index (χ4n) is 2.92. The number of phenols is 1. The molecule has 5 heteroatoms. The Morgan fingerprint density at radius 3 is 2.28 bits per heavy atom. The predicted molar refractivity (Wildman–Crippen MR) is 102 cm³/mol. The SMILES string of the molecule is CCOP(=O)(OCC)c1ccc(-c2cccc3ccccc23)cc1O. The molecule has 3 aromatic rings. The summed E-state index contributed by atoms with van der Waals surface area (Å²) in [6, 6.07) is 19.2. The molecule has 0 amide bonds. The largest absolute Gasteiger partial charge is 0.507 e. The van der Waals surface area contributed by atoms with Crippen LogP contribution < -0.4 is 5.30 Å². The van der Waals surface area contributed by atoms with E-state index in [1.807, 2.05) is 48.5 Å². The summed E-state index contributed by atoms with van der Waals surface area (Å²) in [6.07, 6.45) is 0. The van der Waals surface area contributed by atoms with Crippen molar-refractivity contribution in [3.05, 3.63) is 60.7 Å². The maximum absolute atomic E-state index is 12.9. The van der Waals surface area contributed by atoms with Crippen molar-refractivity contribution in [1.29, 1.82) is 0 Å². The van der Waals surface area contributed by atoms with Gasteiger partial charge in [-0.2, -0.15) is 0 Å². The molecular formula is C20H21O4P. The molecule has 0 bridgehead atoms. The summed E-state index contributed by atoms with van der Waals surface area (Å²) in [6.45, 7) is 3.96. The Morgan fingerprint density at radius 1 is 0.920 bits per heavy atom. The second kappa shape index (κ2) is 7.40. The first-order valence-corrected chi connectivity index (χ1v) is 9.84. The van der Waals surface area contributed by atoms with Crippen LogP contribution in [0.5, 0.6) is 5.75 Å². The predicted octanol–water partition coefficient (Wildman–Crippen LogP) is 5.10. The lowest BCUT2D eigenvalue weighted by Gasteiger charge is -2.18. The highest BCUT2D eigenvalue weighted by Gasteiger charge is 2.30. The smallest absolute Gasteiger partial charge is 0.365 e. The molecular weight excluding hydrogens is 335 g/mol. The van der Waals surface area contributed by atoms with Crippen LogP contribution in [0.3, 0.4) is 0 Å². The highest BCUT2D eigenvalue weighted by Crippen LogP contribution is 2.49. The third-order valence-corrected chi connectivity index (χ3v) is 6.13. The Labute approximate surface area is 147 Å². The van der Waals surface area contributed by atoms with Crippen molar-refractivity contribution in [3.8, 4) is 16.9 Å². The minimum absolute atomic E-state index is 0.0873. The van der Waals surface area contributed by atoms with Gasteiger partial charge >= 0.3 is 7.60 Å². The van der Waals surface area contributed by atoms with Gasteiger partial charge < -0.3 is 14.2 Å². The molecule has 0 atom stereocenters. The Bertz CT molecular complexity index is 921. The van der Waals surface area contributed by atoms with Gasteiger partial charge in [0.25, 0.3) is 0 Å². The topological polar surface area (TPSA) is 55.8 Å². The number of rotatable bonds is 6. The molecule has 0 spiro atoms. The number of phenolic OH excluding ortho intramolecular Hbond substituents is 1. The maximum atomic E-state index is 12.9. The van der Waals surface area contributed by atoms with Gasteiger partial charge in [0.05, 0.1) is 13.2 Å². The Morgan fingerprint density at radius 2 is 1.60 bits per heavy atom. The van der Waals surface area contributed by atoms with Crippen LogP contribution in [0.2, 0.25) is 0 Å². The molecule has 0 unspecified atom stereocenters. The van der Waals surface area contributed by atoms with Crippen molar-refractivity contribution in [3.63, 3.8) is 0 Å². The Kier molecular flexibility index (Phi) is 5.24. The van der Waals surface area contributed by atoms with Crippen LogP contribution in [0.25, 0.3) is 21.9 Å². The minimum atomic E-state index is -3.52. The van der Waals surface area contributed by atoms with E-state index in [1.165, 1.54) is 0 Å². The average Bonchev–Trinajstić information content (AvgIpc) is 2.61. The first kappa shape index (κ1) is 17.7. The Balaban J connectivity index is 2.09. The van der Waals surface area contributed by atoms with Gasteiger partial charge in [-0.25, -0.2) is 0 Å². The zero-order chi connectivity index (χ0) is 17.9. The molecule has 0 saturated carbocycles. The molecule has 0 heterocycles. The summed E-state index contributed by atoms with van der Waals surface area (Å²) in [5, 5.41) is 12.9. The number of benzene rings is 3. The molecule has 130 valence electrons. The van der Waals surface area contributed by atoms with E-state index in [-0.39, 0.29) is 24.3 Å². The van der Waals surface area contributed by atoms with Crippen molar-refractivity contribution in [2.75, 3.05) is 13.2 Å². The lowest BCUT2D eigenvalue weighted by Crippen LogP contribution is -2.11. The van der Waals surface area contributed by atoms with Crippen LogP contribution in [0.15, 0.2) is 60.7 Å². The normalized spacial score (nSPS) is 11.8. The number of hydrogen-bond acceptors (Lipinski definition) is 4. The molecule has 25 heavy (non-hydrogen) atoms. The first-order chi connectivity index (χ1) is 12.1. The second-order valence-corrected chi connectivity index (χ2v) is 7.56. The van der Waals surface area contributed by atoms with Gasteiger partial charge in [-0.1, -0.05) is 48.5 Å². The zero-order valence-electron chi connectivity index (χ0n) is 14.3. The summed E-state index contributed by atoms with van der Waals surface area (Å²) in [4.78, 5) is 0. The van der Waals surface area contributed by atoms with Crippen LogP contribution in [0.1, 0.15) is 13.8 Å². The van der Waals surface area contributed by atoms with E-state index >= 15 is 0 Å². The zero-order valence-corrected chi connectivity index (χ0v) is 15.2. The number of aromatic hydroxyl groups is 1. The third-order valence-electron chi connectivity index (χ3n) is 3.97. The van der Waals surface area contributed by atoms with E-state index in [4.69, 9.17) is 9.05 Å². The van der Waals surface area contributed by atoms with Gasteiger partial charge in [0, 0.05) is 0 Å². The summed E-state index contributed by atoms with van der Waals surface area (Å²) < 4.78 is 23.5. The molecule has 0 aromatic heterocycles. The van der Waals surface area contributed by atoms with Crippen LogP contribution >= 0.6 is 7.60 Å². The van der Waals surface area contributed by atoms with Crippen LogP contribution in [0, 0.1) is 0 Å². The van der Waals surface area contributed by atoms with E-state index in [0.29, 0.717) is 0 Å². The highest BCUT2D eigenvalue weighted by molar-refractivity contribution is 7.62. The molecule has 0 aliphatic rings. The number of fused-ring (bicyclic) bond motifs is 1. The monoisotopic (exact) mass is 356 g/mol. The van der Waals surface area contributed by atoms with Crippen molar-refractivity contribution in [2.45, 2.75) is 13.8 Å². The molecule has 0 fully saturated rings. The van der Waals surface area contributed by atoms with E-state index in [1.54, 1.807) is 26.0 Å². The summed E-state index contributed by atoms with van der Waals surface area (Å²) in [7, 11) is -3.52. The van der Waals surface area contributed by atoms with Gasteiger partial charge in [0.15, 0.2) is 0 Å². The fourth-order valence-corrected chi connectivity index (χ4v) is 4.55. The molecule has 0 aliphatic heterocycles. The second-order valence-electron chi connectivity index (χ2n) is 5.56. The lowest BCUT2D eigenvalue weighted by atomic mass is 9.98. The van der Waals surface area contributed by atoms with Crippen molar-refractivity contribution >= 4 is 23.7 Å². The van der Waals surface area contributed by atoms with Crippen LogP contribution in [-0.2, 0) is 13.6 Å².